The van der Waals surface area contributed by atoms with Crippen LogP contribution in [0, 0.1) is 22.9 Å². The summed E-state index contributed by atoms with van der Waals surface area (Å²) in [5.41, 5.74) is 1.82. The first kappa shape index (κ1) is 24.2. The normalized spacial score (nSPS) is 11.7. The summed E-state index contributed by atoms with van der Waals surface area (Å²) in [5.74, 6) is 1.43. The smallest absolute Gasteiger partial charge is 0.220 e. The van der Waals surface area contributed by atoms with Crippen LogP contribution in [0.25, 0.3) is 5.69 Å². The predicted molar refractivity (Wildman–Crippen MR) is 130 cm³/mol. The molecule has 0 amide bonds. The Morgan fingerprint density at radius 1 is 1.06 bits per heavy atom. The molecule has 4 rings (SSSR count). The maximum atomic E-state index is 14.1. The lowest BCUT2D eigenvalue weighted by molar-refractivity contribution is -0.479. The van der Waals surface area contributed by atoms with E-state index in [2.05, 4.69) is 10.2 Å². The van der Waals surface area contributed by atoms with Crippen LogP contribution < -0.4 is 9.47 Å². The van der Waals surface area contributed by atoms with E-state index in [1.54, 1.807) is 49.6 Å². The fourth-order valence-corrected chi connectivity index (χ4v) is 4.76. The van der Waals surface area contributed by atoms with Crippen molar-refractivity contribution in [1.29, 1.82) is 0 Å². The Labute approximate surface area is 205 Å². The summed E-state index contributed by atoms with van der Waals surface area (Å²) in [5, 5.41) is 19.9. The molecule has 0 radical (unpaired) electrons. The second-order valence-corrected chi connectivity index (χ2v) is 8.77. The molecule has 0 aliphatic heterocycles. The first-order valence-electron chi connectivity index (χ1n) is 10.8. The van der Waals surface area contributed by atoms with Gasteiger partial charge in [-0.05, 0) is 43.3 Å². The number of nitro groups is 1. The van der Waals surface area contributed by atoms with Crippen LogP contribution in [0.2, 0.25) is 0 Å². The molecule has 0 aliphatic rings. The Morgan fingerprint density at radius 2 is 1.77 bits per heavy atom. The van der Waals surface area contributed by atoms with Gasteiger partial charge < -0.3 is 9.47 Å². The van der Waals surface area contributed by atoms with Gasteiger partial charge in [0.15, 0.2) is 5.16 Å². The van der Waals surface area contributed by atoms with E-state index in [9.17, 15) is 14.5 Å². The number of para-hydroxylation sites is 1. The first-order valence-corrected chi connectivity index (χ1v) is 11.6. The molecule has 0 saturated heterocycles. The van der Waals surface area contributed by atoms with E-state index in [1.165, 1.54) is 17.8 Å². The largest absolute Gasteiger partial charge is 0.497 e. The highest BCUT2D eigenvalue weighted by atomic mass is 32.2. The van der Waals surface area contributed by atoms with Gasteiger partial charge in [0, 0.05) is 21.7 Å². The predicted octanol–water partition coefficient (Wildman–Crippen LogP) is 5.41. The van der Waals surface area contributed by atoms with Gasteiger partial charge in [-0.3, -0.25) is 14.7 Å². The van der Waals surface area contributed by atoms with E-state index in [0.717, 1.165) is 5.69 Å². The molecule has 4 aromatic rings. The summed E-state index contributed by atoms with van der Waals surface area (Å²) >= 11 is 1.22. The van der Waals surface area contributed by atoms with Gasteiger partial charge in [-0.25, -0.2) is 4.39 Å². The van der Waals surface area contributed by atoms with Crippen LogP contribution in [0.15, 0.2) is 78.0 Å². The molecule has 0 saturated carbocycles. The van der Waals surface area contributed by atoms with E-state index < -0.39 is 5.25 Å². The number of methoxy groups -OCH3 is 1. The second-order valence-electron chi connectivity index (χ2n) is 7.60. The average molecular weight is 495 g/mol. The van der Waals surface area contributed by atoms with Crippen LogP contribution in [0.1, 0.15) is 22.2 Å². The van der Waals surface area contributed by atoms with Crippen LogP contribution in [0.3, 0.4) is 0 Å². The van der Waals surface area contributed by atoms with Crippen LogP contribution in [0.5, 0.6) is 11.5 Å². The van der Waals surface area contributed by atoms with Crippen molar-refractivity contribution >= 4 is 11.8 Å². The van der Waals surface area contributed by atoms with Gasteiger partial charge in [0.25, 0.3) is 0 Å². The number of benzene rings is 3. The second kappa shape index (κ2) is 11.0. The lowest BCUT2D eigenvalue weighted by Gasteiger charge is -2.18. The number of ether oxygens (including phenoxy) is 2. The molecule has 1 aromatic heterocycles. The highest BCUT2D eigenvalue weighted by molar-refractivity contribution is 7.99. The van der Waals surface area contributed by atoms with E-state index in [1.807, 2.05) is 35.8 Å². The minimum atomic E-state index is -0.623. The summed E-state index contributed by atoms with van der Waals surface area (Å²) in [4.78, 5) is 11.2. The Balaban J connectivity index is 1.64. The molecular formula is C25H23FN4O4S. The van der Waals surface area contributed by atoms with Crippen LogP contribution in [-0.4, -0.2) is 33.3 Å². The molecule has 0 spiro atoms. The fraction of sp³-hybridized carbons (Fsp3) is 0.200. The van der Waals surface area contributed by atoms with E-state index in [4.69, 9.17) is 9.47 Å². The van der Waals surface area contributed by atoms with Gasteiger partial charge in [-0.15, -0.1) is 10.2 Å². The molecule has 0 aliphatic carbocycles. The molecule has 1 atom stereocenters. The third kappa shape index (κ3) is 5.78. The minimum Gasteiger partial charge on any atom is -0.497 e. The van der Waals surface area contributed by atoms with Gasteiger partial charge in [0.1, 0.15) is 35.0 Å². The van der Waals surface area contributed by atoms with E-state index in [0.29, 0.717) is 33.6 Å². The topological polar surface area (TPSA) is 92.3 Å². The Bertz CT molecular complexity index is 1310. The average Bonchev–Trinajstić information content (AvgIpc) is 3.23. The van der Waals surface area contributed by atoms with Crippen LogP contribution in [0.4, 0.5) is 4.39 Å². The standard InChI is InChI=1S/C25H23FN4O4S/c1-17-27-28-25(30(17)19-11-13-20(33-2)14-12-19)35-24(15-29(31)32)21-8-4-6-10-23(21)34-16-18-7-3-5-9-22(18)26/h3-14,24H,15-16H2,1-2H3/t24-/m0/s1. The van der Waals surface area contributed by atoms with Crippen molar-refractivity contribution in [2.45, 2.75) is 23.9 Å². The van der Waals surface area contributed by atoms with Crippen molar-refractivity contribution in [3.8, 4) is 17.2 Å². The van der Waals surface area contributed by atoms with Gasteiger partial charge in [0.05, 0.1) is 7.11 Å². The number of hydrogen-bond donors (Lipinski definition) is 0. The fourth-order valence-electron chi connectivity index (χ4n) is 3.56. The lowest BCUT2D eigenvalue weighted by Crippen LogP contribution is -2.12. The zero-order valence-electron chi connectivity index (χ0n) is 19.1. The maximum absolute atomic E-state index is 14.1. The number of rotatable bonds is 10. The quantitative estimate of drug-likeness (QED) is 0.165. The number of aromatic nitrogens is 3. The summed E-state index contributed by atoms with van der Waals surface area (Å²) in [7, 11) is 1.59. The van der Waals surface area contributed by atoms with Crippen molar-refractivity contribution in [1.82, 2.24) is 14.8 Å². The number of aryl methyl sites for hydroxylation is 1. The summed E-state index contributed by atoms with van der Waals surface area (Å²) in [6, 6.07) is 20.8. The molecule has 3 aromatic carbocycles. The number of nitrogens with zero attached hydrogens (tertiary/aromatic N) is 4. The van der Waals surface area contributed by atoms with Gasteiger partial charge in [-0.1, -0.05) is 48.2 Å². The molecule has 0 bridgehead atoms. The minimum absolute atomic E-state index is 0.000671. The molecule has 35 heavy (non-hydrogen) atoms. The monoisotopic (exact) mass is 494 g/mol. The SMILES string of the molecule is COc1ccc(-n2c(C)nnc2S[C@@H](C[N+](=O)[O-])c2ccccc2OCc2ccccc2F)cc1. The van der Waals surface area contributed by atoms with Crippen molar-refractivity contribution in [2.75, 3.05) is 13.7 Å². The molecule has 0 N–H and O–H groups in total. The molecule has 1 heterocycles. The highest BCUT2D eigenvalue weighted by Gasteiger charge is 2.26. The van der Waals surface area contributed by atoms with Gasteiger partial charge >= 0.3 is 0 Å². The molecule has 180 valence electrons. The van der Waals surface area contributed by atoms with Crippen molar-refractivity contribution in [3.05, 3.63) is 106 Å². The van der Waals surface area contributed by atoms with Crippen molar-refractivity contribution < 1.29 is 18.8 Å². The third-order valence-electron chi connectivity index (χ3n) is 5.30. The van der Waals surface area contributed by atoms with Gasteiger partial charge in [0.2, 0.25) is 6.54 Å². The van der Waals surface area contributed by atoms with Gasteiger partial charge in [-0.2, -0.15) is 0 Å². The molecule has 0 unspecified atom stereocenters. The number of thioether (sulfide) groups is 1. The molecular weight excluding hydrogens is 471 g/mol. The van der Waals surface area contributed by atoms with E-state index in [-0.39, 0.29) is 23.9 Å². The molecule has 8 nitrogen and oxygen atoms in total. The molecule has 10 heteroatoms. The van der Waals surface area contributed by atoms with Crippen molar-refractivity contribution in [2.24, 2.45) is 0 Å². The Morgan fingerprint density at radius 3 is 2.49 bits per heavy atom. The first-order chi connectivity index (χ1) is 17.0. The zero-order chi connectivity index (χ0) is 24.8. The highest BCUT2D eigenvalue weighted by Crippen LogP contribution is 2.40. The summed E-state index contributed by atoms with van der Waals surface area (Å²) in [6.45, 7) is 1.45. The maximum Gasteiger partial charge on any atom is 0.220 e. The van der Waals surface area contributed by atoms with E-state index >= 15 is 0 Å². The third-order valence-corrected chi connectivity index (χ3v) is 6.46. The van der Waals surface area contributed by atoms with Crippen molar-refractivity contribution in [3.63, 3.8) is 0 Å². The Hall–Kier alpha value is -3.92. The zero-order valence-corrected chi connectivity index (χ0v) is 19.9. The summed E-state index contributed by atoms with van der Waals surface area (Å²) < 4.78 is 27.0. The Kier molecular flexibility index (Phi) is 7.61. The summed E-state index contributed by atoms with van der Waals surface area (Å²) in [6.07, 6.45) is 0. The number of hydrogen-bond acceptors (Lipinski definition) is 7. The molecule has 0 fully saturated rings. The van der Waals surface area contributed by atoms with Crippen LogP contribution >= 0.6 is 11.8 Å². The number of halogens is 1. The van der Waals surface area contributed by atoms with Crippen LogP contribution in [-0.2, 0) is 6.61 Å². The lowest BCUT2D eigenvalue weighted by atomic mass is 10.1.